The molecule has 1 rings (SSSR count). The van der Waals surface area contributed by atoms with Crippen LogP contribution in [0.4, 0.5) is 0 Å². The molecule has 2 N–H and O–H groups in total. The molecular weight excluding hydrogens is 340 g/mol. The number of ketones is 1. The van der Waals surface area contributed by atoms with Gasteiger partial charge in [-0.1, -0.05) is 56.9 Å². The summed E-state index contributed by atoms with van der Waals surface area (Å²) in [4.78, 5) is 22.9. The van der Waals surface area contributed by atoms with Gasteiger partial charge >= 0.3 is 5.97 Å². The molecule has 0 spiro atoms. The van der Waals surface area contributed by atoms with Crippen LogP contribution in [0.15, 0.2) is 24.3 Å². The van der Waals surface area contributed by atoms with Crippen LogP contribution < -0.4 is 0 Å². The number of aryl methyl sites for hydroxylation is 1. The van der Waals surface area contributed by atoms with E-state index in [1.54, 1.807) is 6.92 Å². The van der Waals surface area contributed by atoms with Crippen LogP contribution in [0.5, 0.6) is 0 Å². The molecule has 0 aliphatic rings. The summed E-state index contributed by atoms with van der Waals surface area (Å²) in [6, 6.07) is 7.65. The third kappa shape index (κ3) is 10.3. The Morgan fingerprint density at radius 1 is 0.926 bits per heavy atom. The number of carbonyl (C=O) groups is 2. The number of hydrogen-bond acceptors (Lipinski definition) is 3. The first-order chi connectivity index (χ1) is 12.9. The fourth-order valence-electron chi connectivity index (χ4n) is 3.60. The number of carboxylic acids is 1. The molecule has 0 aliphatic heterocycles. The van der Waals surface area contributed by atoms with Gasteiger partial charge in [0.2, 0.25) is 0 Å². The summed E-state index contributed by atoms with van der Waals surface area (Å²) in [5, 5.41) is 19.0. The molecule has 0 fully saturated rings. The summed E-state index contributed by atoms with van der Waals surface area (Å²) in [6.45, 7) is 3.81. The molecule has 0 saturated heterocycles. The van der Waals surface area contributed by atoms with Gasteiger partial charge in [0.15, 0.2) is 0 Å². The maximum Gasteiger partial charge on any atom is 0.307 e. The topological polar surface area (TPSA) is 74.6 Å². The summed E-state index contributed by atoms with van der Waals surface area (Å²) in [5.74, 6) is -0.560. The Kier molecular flexibility index (Phi) is 11.7. The Balaban J connectivity index is 2.39. The fraction of sp³-hybridized carbons (Fsp3) is 0.652. The Bertz CT molecular complexity index is 567. The molecule has 0 radical (unpaired) electrons. The Labute approximate surface area is 164 Å². The normalized spacial score (nSPS) is 13.3. The van der Waals surface area contributed by atoms with Crippen LogP contribution in [0.3, 0.4) is 0 Å². The molecule has 1 aromatic rings. The van der Waals surface area contributed by atoms with Gasteiger partial charge < -0.3 is 10.2 Å². The van der Waals surface area contributed by atoms with Crippen molar-refractivity contribution < 1.29 is 19.8 Å². The SMILES string of the molecule is CCCCCC(O)CCCC(CCCc1ccccc1CC(=O)O)C(C)=O. The zero-order chi connectivity index (χ0) is 20.1. The number of aliphatic hydroxyl groups excluding tert-OH is 1. The van der Waals surface area contributed by atoms with E-state index in [1.165, 1.54) is 0 Å². The summed E-state index contributed by atoms with van der Waals surface area (Å²) in [7, 11) is 0. The lowest BCUT2D eigenvalue weighted by Crippen LogP contribution is -2.13. The zero-order valence-electron chi connectivity index (χ0n) is 17.0. The van der Waals surface area contributed by atoms with Crippen LogP contribution in [0, 0.1) is 5.92 Å². The van der Waals surface area contributed by atoms with E-state index in [2.05, 4.69) is 6.92 Å². The van der Waals surface area contributed by atoms with Gasteiger partial charge in [0.05, 0.1) is 12.5 Å². The molecule has 0 aromatic heterocycles. The first-order valence-electron chi connectivity index (χ1n) is 10.4. The minimum Gasteiger partial charge on any atom is -0.481 e. The number of hydrogen-bond donors (Lipinski definition) is 2. The molecule has 2 atom stereocenters. The summed E-state index contributed by atoms with van der Waals surface area (Å²) in [5.41, 5.74) is 1.92. The maximum absolute atomic E-state index is 11.9. The summed E-state index contributed by atoms with van der Waals surface area (Å²) >= 11 is 0. The predicted octanol–water partition coefficient (Wildman–Crippen LogP) is 4.95. The minimum absolute atomic E-state index is 0.0412. The Morgan fingerprint density at radius 3 is 2.19 bits per heavy atom. The Morgan fingerprint density at radius 2 is 1.56 bits per heavy atom. The molecule has 0 amide bonds. The maximum atomic E-state index is 11.9. The molecule has 1 aromatic carbocycles. The molecular formula is C23H36O4. The number of carbonyl (C=O) groups excluding carboxylic acids is 1. The highest BCUT2D eigenvalue weighted by Gasteiger charge is 2.15. The highest BCUT2D eigenvalue weighted by Crippen LogP contribution is 2.21. The van der Waals surface area contributed by atoms with E-state index >= 15 is 0 Å². The molecule has 0 bridgehead atoms. The van der Waals surface area contributed by atoms with E-state index in [4.69, 9.17) is 5.11 Å². The zero-order valence-corrected chi connectivity index (χ0v) is 17.0. The van der Waals surface area contributed by atoms with Crippen molar-refractivity contribution in [2.45, 2.75) is 90.6 Å². The van der Waals surface area contributed by atoms with Crippen LogP contribution in [0.1, 0.15) is 82.8 Å². The number of aliphatic hydroxyl groups is 1. The van der Waals surface area contributed by atoms with Crippen LogP contribution in [-0.2, 0) is 22.4 Å². The van der Waals surface area contributed by atoms with Gasteiger partial charge in [0.25, 0.3) is 0 Å². The number of unbranched alkanes of at least 4 members (excludes halogenated alkanes) is 2. The van der Waals surface area contributed by atoms with Crippen molar-refractivity contribution in [2.75, 3.05) is 0 Å². The number of rotatable bonds is 15. The van der Waals surface area contributed by atoms with Crippen LogP contribution >= 0.6 is 0 Å². The second-order valence-electron chi connectivity index (χ2n) is 7.62. The van der Waals surface area contributed by atoms with E-state index in [0.29, 0.717) is 0 Å². The van der Waals surface area contributed by atoms with Crippen LogP contribution in [0.2, 0.25) is 0 Å². The van der Waals surface area contributed by atoms with Crippen molar-refractivity contribution in [3.8, 4) is 0 Å². The van der Waals surface area contributed by atoms with Crippen molar-refractivity contribution in [3.05, 3.63) is 35.4 Å². The standard InChI is InChI=1S/C23H36O4/c1-3-4-5-15-22(25)16-9-13-19(18(2)24)12-8-14-20-10-6-7-11-21(20)17-23(26)27/h6-7,10-11,19,22,25H,3-5,8-9,12-17H2,1-2H3,(H,26,27). The van der Waals surface area contributed by atoms with Gasteiger partial charge in [-0.25, -0.2) is 0 Å². The molecule has 0 saturated carbocycles. The number of Topliss-reactive ketones (excluding diaryl/α,β-unsaturated/α-hetero) is 1. The van der Waals surface area contributed by atoms with Crippen molar-refractivity contribution in [1.82, 2.24) is 0 Å². The second-order valence-corrected chi connectivity index (χ2v) is 7.62. The first-order valence-corrected chi connectivity index (χ1v) is 10.4. The molecule has 4 heteroatoms. The van der Waals surface area contributed by atoms with E-state index in [1.807, 2.05) is 24.3 Å². The second kappa shape index (κ2) is 13.5. The van der Waals surface area contributed by atoms with Crippen molar-refractivity contribution in [3.63, 3.8) is 0 Å². The average Bonchev–Trinajstić information content (AvgIpc) is 2.61. The van der Waals surface area contributed by atoms with E-state index in [0.717, 1.165) is 75.3 Å². The minimum atomic E-state index is -0.818. The number of carboxylic acid groups (broad SMARTS) is 1. The lowest BCUT2D eigenvalue weighted by molar-refractivity contribution is -0.136. The van der Waals surface area contributed by atoms with Gasteiger partial charge in [0.1, 0.15) is 5.78 Å². The number of benzene rings is 1. The lowest BCUT2D eigenvalue weighted by Gasteiger charge is -2.16. The van der Waals surface area contributed by atoms with Gasteiger partial charge in [-0.05, 0) is 56.6 Å². The molecule has 2 unspecified atom stereocenters. The summed E-state index contributed by atoms with van der Waals surface area (Å²) < 4.78 is 0. The Hall–Kier alpha value is -1.68. The van der Waals surface area contributed by atoms with Crippen molar-refractivity contribution >= 4 is 11.8 Å². The monoisotopic (exact) mass is 376 g/mol. The average molecular weight is 377 g/mol. The summed E-state index contributed by atoms with van der Waals surface area (Å²) in [6.07, 6.45) is 9.04. The largest absolute Gasteiger partial charge is 0.481 e. The van der Waals surface area contributed by atoms with Gasteiger partial charge in [0, 0.05) is 5.92 Å². The van der Waals surface area contributed by atoms with Crippen molar-refractivity contribution in [2.24, 2.45) is 5.92 Å². The lowest BCUT2D eigenvalue weighted by atomic mass is 9.90. The molecule has 4 nitrogen and oxygen atoms in total. The molecule has 27 heavy (non-hydrogen) atoms. The predicted molar refractivity (Wildman–Crippen MR) is 109 cm³/mol. The first kappa shape index (κ1) is 23.4. The van der Waals surface area contributed by atoms with Gasteiger partial charge in [-0.2, -0.15) is 0 Å². The molecule has 0 heterocycles. The highest BCUT2D eigenvalue weighted by atomic mass is 16.4. The fourth-order valence-corrected chi connectivity index (χ4v) is 3.60. The highest BCUT2D eigenvalue weighted by molar-refractivity contribution is 5.78. The van der Waals surface area contributed by atoms with E-state index in [-0.39, 0.29) is 24.2 Å². The molecule has 0 aliphatic carbocycles. The molecule has 152 valence electrons. The van der Waals surface area contributed by atoms with Gasteiger partial charge in [-0.3, -0.25) is 9.59 Å². The van der Waals surface area contributed by atoms with E-state index in [9.17, 15) is 14.7 Å². The third-order valence-electron chi connectivity index (χ3n) is 5.26. The van der Waals surface area contributed by atoms with Crippen molar-refractivity contribution in [1.29, 1.82) is 0 Å². The van der Waals surface area contributed by atoms with Crippen LogP contribution in [0.25, 0.3) is 0 Å². The van der Waals surface area contributed by atoms with Gasteiger partial charge in [-0.15, -0.1) is 0 Å². The third-order valence-corrected chi connectivity index (χ3v) is 5.26. The van der Waals surface area contributed by atoms with E-state index < -0.39 is 5.97 Å². The number of aliphatic carboxylic acids is 1. The van der Waals surface area contributed by atoms with Crippen LogP contribution in [-0.4, -0.2) is 28.1 Å². The smallest absolute Gasteiger partial charge is 0.307 e. The quantitative estimate of drug-likeness (QED) is 0.425.